The van der Waals surface area contributed by atoms with E-state index in [1.165, 1.54) is 48.5 Å². The van der Waals surface area contributed by atoms with Crippen LogP contribution in [0.15, 0.2) is 76.5 Å². The fourth-order valence-corrected chi connectivity index (χ4v) is 4.73. The number of hydrogen-bond donors (Lipinski definition) is 3. The first kappa shape index (κ1) is 22.5. The number of rotatable bonds is 6. The zero-order chi connectivity index (χ0) is 22.8. The number of benzene rings is 3. The number of aryl methyl sites for hydroxylation is 2. The number of amides is 1. The van der Waals surface area contributed by atoms with E-state index in [1.807, 2.05) is 13.0 Å². The molecule has 0 aromatic heterocycles. The second kappa shape index (κ2) is 8.50. The van der Waals surface area contributed by atoms with Crippen LogP contribution in [-0.2, 0) is 20.0 Å². The van der Waals surface area contributed by atoms with Crippen LogP contribution in [0, 0.1) is 13.8 Å². The monoisotopic (exact) mass is 459 g/mol. The minimum atomic E-state index is -3.81. The first-order valence-electron chi connectivity index (χ1n) is 9.10. The molecule has 3 aromatic carbocycles. The van der Waals surface area contributed by atoms with Gasteiger partial charge >= 0.3 is 0 Å². The zero-order valence-electron chi connectivity index (χ0n) is 16.8. The van der Waals surface area contributed by atoms with E-state index >= 15 is 0 Å². The summed E-state index contributed by atoms with van der Waals surface area (Å²) in [5.41, 5.74) is 2.45. The Kier molecular flexibility index (Phi) is 6.16. The molecule has 0 aliphatic rings. The number of hydrogen-bond acceptors (Lipinski definition) is 5. The van der Waals surface area contributed by atoms with Crippen LogP contribution in [0.25, 0.3) is 0 Å². The lowest BCUT2D eigenvalue weighted by atomic mass is 10.2. The SMILES string of the molecule is Cc1ccc(C)c(S(=O)(=O)Nc2ccc(C(=O)Nc3ccc(S(N)(=O)=O)cc3)cc2)c1. The zero-order valence-corrected chi connectivity index (χ0v) is 18.4. The quantitative estimate of drug-likeness (QED) is 0.521. The van der Waals surface area contributed by atoms with Crippen LogP contribution in [0.2, 0.25) is 0 Å². The molecule has 0 aliphatic carbocycles. The van der Waals surface area contributed by atoms with Crippen molar-refractivity contribution in [2.45, 2.75) is 23.6 Å². The largest absolute Gasteiger partial charge is 0.322 e. The molecule has 0 saturated carbocycles. The Morgan fingerprint density at radius 1 is 0.806 bits per heavy atom. The van der Waals surface area contributed by atoms with E-state index in [4.69, 9.17) is 5.14 Å². The van der Waals surface area contributed by atoms with Gasteiger partial charge in [-0.3, -0.25) is 9.52 Å². The lowest BCUT2D eigenvalue weighted by Gasteiger charge is -2.12. The average Bonchev–Trinajstić information content (AvgIpc) is 2.69. The summed E-state index contributed by atoms with van der Waals surface area (Å²) in [5, 5.41) is 7.68. The number of carbonyl (C=O) groups is 1. The van der Waals surface area contributed by atoms with Crippen molar-refractivity contribution >= 4 is 37.3 Å². The van der Waals surface area contributed by atoms with Crippen LogP contribution >= 0.6 is 0 Å². The molecule has 31 heavy (non-hydrogen) atoms. The maximum absolute atomic E-state index is 12.7. The summed E-state index contributed by atoms with van der Waals surface area (Å²) < 4.78 is 50.5. The summed E-state index contributed by atoms with van der Waals surface area (Å²) in [6, 6.07) is 16.5. The summed E-state index contributed by atoms with van der Waals surface area (Å²) in [5.74, 6) is -0.438. The third-order valence-electron chi connectivity index (χ3n) is 4.47. The summed E-state index contributed by atoms with van der Waals surface area (Å²) in [4.78, 5) is 12.5. The molecule has 162 valence electrons. The van der Waals surface area contributed by atoms with E-state index in [0.29, 0.717) is 22.5 Å². The van der Waals surface area contributed by atoms with Crippen molar-refractivity contribution in [1.82, 2.24) is 0 Å². The summed E-state index contributed by atoms with van der Waals surface area (Å²) >= 11 is 0. The van der Waals surface area contributed by atoms with Gasteiger partial charge in [-0.05, 0) is 79.6 Å². The fourth-order valence-electron chi connectivity index (χ4n) is 2.83. The van der Waals surface area contributed by atoms with Gasteiger partial charge in [-0.1, -0.05) is 12.1 Å². The van der Waals surface area contributed by atoms with Gasteiger partial charge in [0.05, 0.1) is 9.79 Å². The first-order chi connectivity index (χ1) is 14.5. The minimum Gasteiger partial charge on any atom is -0.322 e. The standard InChI is InChI=1S/C21H21N3O5S2/c1-14-3-4-15(2)20(13-14)31(28,29)24-18-7-5-16(6-8-18)21(25)23-17-9-11-19(12-10-17)30(22,26)27/h3-13,24H,1-2H3,(H,23,25)(H2,22,26,27). The first-order valence-corrected chi connectivity index (χ1v) is 12.1. The smallest absolute Gasteiger partial charge is 0.262 e. The van der Waals surface area contributed by atoms with Crippen molar-refractivity contribution in [3.63, 3.8) is 0 Å². The average molecular weight is 460 g/mol. The Labute approximate surface area is 181 Å². The van der Waals surface area contributed by atoms with Crippen molar-refractivity contribution in [3.8, 4) is 0 Å². The molecule has 0 aliphatic heterocycles. The van der Waals surface area contributed by atoms with E-state index < -0.39 is 26.0 Å². The topological polar surface area (TPSA) is 135 Å². The molecule has 0 bridgehead atoms. The van der Waals surface area contributed by atoms with Gasteiger partial charge in [0.15, 0.2) is 0 Å². The Bertz CT molecular complexity index is 1330. The Morgan fingerprint density at radius 2 is 1.39 bits per heavy atom. The van der Waals surface area contributed by atoms with Crippen molar-refractivity contribution in [2.24, 2.45) is 5.14 Å². The predicted molar refractivity (Wildman–Crippen MR) is 119 cm³/mol. The maximum Gasteiger partial charge on any atom is 0.262 e. The molecule has 10 heteroatoms. The van der Waals surface area contributed by atoms with Crippen LogP contribution in [-0.4, -0.2) is 22.7 Å². The van der Waals surface area contributed by atoms with Crippen molar-refractivity contribution in [2.75, 3.05) is 10.0 Å². The Morgan fingerprint density at radius 3 is 1.97 bits per heavy atom. The molecule has 1 amide bonds. The van der Waals surface area contributed by atoms with Gasteiger partial charge < -0.3 is 5.32 Å². The molecule has 4 N–H and O–H groups in total. The third-order valence-corrected chi connectivity index (χ3v) is 6.93. The lowest BCUT2D eigenvalue weighted by molar-refractivity contribution is 0.102. The van der Waals surface area contributed by atoms with Gasteiger partial charge in [-0.15, -0.1) is 0 Å². The highest BCUT2D eigenvalue weighted by molar-refractivity contribution is 7.92. The van der Waals surface area contributed by atoms with Crippen LogP contribution in [0.1, 0.15) is 21.5 Å². The summed E-state index contributed by atoms with van der Waals surface area (Å²) in [6.07, 6.45) is 0. The molecular formula is C21H21N3O5S2. The number of nitrogens with one attached hydrogen (secondary N) is 2. The van der Waals surface area contributed by atoms with E-state index in [1.54, 1.807) is 19.1 Å². The van der Waals surface area contributed by atoms with Crippen LogP contribution in [0.4, 0.5) is 11.4 Å². The molecule has 8 nitrogen and oxygen atoms in total. The summed E-state index contributed by atoms with van der Waals surface area (Å²) in [7, 11) is -7.59. The van der Waals surface area contributed by atoms with Crippen LogP contribution in [0.3, 0.4) is 0 Å². The Balaban J connectivity index is 1.72. The van der Waals surface area contributed by atoms with Crippen LogP contribution in [0.5, 0.6) is 0 Å². The van der Waals surface area contributed by atoms with Gasteiger partial charge in [-0.25, -0.2) is 22.0 Å². The molecule has 3 aromatic rings. The van der Waals surface area contributed by atoms with Gasteiger partial charge in [0.25, 0.3) is 15.9 Å². The fraction of sp³-hybridized carbons (Fsp3) is 0.0952. The number of primary sulfonamides is 1. The number of anilines is 2. The van der Waals surface area contributed by atoms with E-state index in [-0.39, 0.29) is 9.79 Å². The molecule has 0 atom stereocenters. The molecule has 0 radical (unpaired) electrons. The van der Waals surface area contributed by atoms with Crippen molar-refractivity contribution < 1.29 is 21.6 Å². The predicted octanol–water partition coefficient (Wildman–Crippen LogP) is 3.00. The van der Waals surface area contributed by atoms with E-state index in [0.717, 1.165) is 5.56 Å². The van der Waals surface area contributed by atoms with Crippen molar-refractivity contribution in [3.05, 3.63) is 83.4 Å². The summed E-state index contributed by atoms with van der Waals surface area (Å²) in [6.45, 7) is 3.53. The highest BCUT2D eigenvalue weighted by atomic mass is 32.2. The molecule has 0 heterocycles. The molecule has 0 saturated heterocycles. The highest BCUT2D eigenvalue weighted by Crippen LogP contribution is 2.21. The van der Waals surface area contributed by atoms with E-state index in [2.05, 4.69) is 10.0 Å². The lowest BCUT2D eigenvalue weighted by Crippen LogP contribution is -2.15. The second-order valence-electron chi connectivity index (χ2n) is 6.98. The molecule has 0 unspecified atom stereocenters. The van der Waals surface area contributed by atoms with Gasteiger partial charge in [0.2, 0.25) is 10.0 Å². The number of sulfonamides is 2. The normalized spacial score (nSPS) is 11.7. The number of carbonyl (C=O) groups excluding carboxylic acids is 1. The van der Waals surface area contributed by atoms with Gasteiger partial charge in [-0.2, -0.15) is 0 Å². The second-order valence-corrected chi connectivity index (χ2v) is 10.2. The number of nitrogens with two attached hydrogens (primary N) is 1. The van der Waals surface area contributed by atoms with Gasteiger partial charge in [0.1, 0.15) is 0 Å². The molecule has 0 fully saturated rings. The Hall–Kier alpha value is -3.21. The third kappa shape index (κ3) is 5.48. The molecule has 0 spiro atoms. The molecule has 3 rings (SSSR count). The van der Waals surface area contributed by atoms with Gasteiger partial charge in [0, 0.05) is 16.9 Å². The van der Waals surface area contributed by atoms with Crippen molar-refractivity contribution in [1.29, 1.82) is 0 Å². The van der Waals surface area contributed by atoms with E-state index in [9.17, 15) is 21.6 Å². The highest BCUT2D eigenvalue weighted by Gasteiger charge is 2.17. The maximum atomic E-state index is 12.7. The molecular weight excluding hydrogens is 438 g/mol. The minimum absolute atomic E-state index is 0.0639. The van der Waals surface area contributed by atoms with Crippen LogP contribution < -0.4 is 15.2 Å².